The first-order valence-electron chi connectivity index (χ1n) is 8.06. The lowest BCUT2D eigenvalue weighted by molar-refractivity contribution is -0.142. The minimum atomic E-state index is -0.685. The zero-order valence-corrected chi connectivity index (χ0v) is 15.2. The van der Waals surface area contributed by atoms with Crippen molar-refractivity contribution in [1.29, 1.82) is 0 Å². The van der Waals surface area contributed by atoms with Crippen molar-refractivity contribution in [2.75, 3.05) is 26.1 Å². The van der Waals surface area contributed by atoms with E-state index >= 15 is 0 Å². The molecule has 0 aliphatic carbocycles. The summed E-state index contributed by atoms with van der Waals surface area (Å²) in [5.74, 6) is -0.581. The Hall–Kier alpha value is -3.35. The molecule has 2 rings (SSSR count). The van der Waals surface area contributed by atoms with E-state index < -0.39 is 24.3 Å². The highest BCUT2D eigenvalue weighted by molar-refractivity contribution is 5.94. The maximum absolute atomic E-state index is 13.4. The van der Waals surface area contributed by atoms with Crippen LogP contribution in [0.3, 0.4) is 0 Å². The molecule has 0 aromatic heterocycles. The van der Waals surface area contributed by atoms with Gasteiger partial charge in [-0.25, -0.2) is 9.18 Å². The second-order valence-electron chi connectivity index (χ2n) is 5.57. The largest absolute Gasteiger partial charge is 0.493 e. The molecule has 0 saturated heterocycles. The third kappa shape index (κ3) is 5.85. The predicted molar refractivity (Wildman–Crippen MR) is 99.3 cm³/mol. The molecule has 142 valence electrons. The molecule has 1 N–H and O–H groups in total. The van der Waals surface area contributed by atoms with Crippen molar-refractivity contribution in [3.8, 4) is 11.5 Å². The van der Waals surface area contributed by atoms with Gasteiger partial charge in [-0.3, -0.25) is 4.79 Å². The second-order valence-corrected chi connectivity index (χ2v) is 5.57. The average molecular weight is 373 g/mol. The lowest BCUT2D eigenvalue weighted by atomic mass is 10.2. The van der Waals surface area contributed by atoms with Crippen LogP contribution in [0.2, 0.25) is 0 Å². The summed E-state index contributed by atoms with van der Waals surface area (Å²) < 4.78 is 28.6. The number of hydrogen-bond acceptors (Lipinski definition) is 5. The molecule has 0 radical (unpaired) electrons. The number of anilines is 1. The molecule has 27 heavy (non-hydrogen) atoms. The van der Waals surface area contributed by atoms with Gasteiger partial charge in [-0.2, -0.15) is 0 Å². The Balaban J connectivity index is 1.87. The Bertz CT molecular complexity index is 863. The Morgan fingerprint density at radius 2 is 1.81 bits per heavy atom. The summed E-state index contributed by atoms with van der Waals surface area (Å²) in [6.45, 7) is 1.14. The fourth-order valence-electron chi connectivity index (χ4n) is 2.17. The number of nitrogens with one attached hydrogen (secondary N) is 1. The molecule has 0 heterocycles. The Morgan fingerprint density at radius 1 is 1.07 bits per heavy atom. The maximum Gasteiger partial charge on any atom is 0.331 e. The summed E-state index contributed by atoms with van der Waals surface area (Å²) in [5.41, 5.74) is 1.46. The number of aryl methyl sites for hydroxylation is 1. The van der Waals surface area contributed by atoms with Crippen LogP contribution in [0.1, 0.15) is 11.1 Å². The molecule has 0 aliphatic heterocycles. The first-order chi connectivity index (χ1) is 12.9. The first-order valence-corrected chi connectivity index (χ1v) is 8.06. The van der Waals surface area contributed by atoms with Gasteiger partial charge in [-0.1, -0.05) is 12.1 Å². The molecule has 0 spiro atoms. The second kappa shape index (κ2) is 9.38. The monoisotopic (exact) mass is 373 g/mol. The van der Waals surface area contributed by atoms with Gasteiger partial charge in [-0.15, -0.1) is 0 Å². The molecular formula is C20H20FNO5. The van der Waals surface area contributed by atoms with Gasteiger partial charge in [0, 0.05) is 11.8 Å². The Morgan fingerprint density at radius 3 is 2.48 bits per heavy atom. The molecule has 0 aliphatic rings. The lowest BCUT2D eigenvalue weighted by Gasteiger charge is -2.07. The molecule has 0 atom stereocenters. The summed E-state index contributed by atoms with van der Waals surface area (Å²) in [6, 6.07) is 9.45. The van der Waals surface area contributed by atoms with E-state index in [0.29, 0.717) is 28.3 Å². The number of methoxy groups -OCH3 is 2. The van der Waals surface area contributed by atoms with Crippen molar-refractivity contribution in [2.24, 2.45) is 0 Å². The molecule has 0 saturated carbocycles. The topological polar surface area (TPSA) is 73.9 Å². The number of ether oxygens (including phenoxy) is 3. The smallest absolute Gasteiger partial charge is 0.331 e. The van der Waals surface area contributed by atoms with Crippen LogP contribution in [0.5, 0.6) is 11.5 Å². The molecule has 6 nitrogen and oxygen atoms in total. The highest BCUT2D eigenvalue weighted by Crippen LogP contribution is 2.27. The predicted octanol–water partition coefficient (Wildman–Crippen LogP) is 3.35. The number of esters is 1. The third-order valence-corrected chi connectivity index (χ3v) is 3.62. The van der Waals surface area contributed by atoms with Crippen LogP contribution in [0.15, 0.2) is 42.5 Å². The van der Waals surface area contributed by atoms with Crippen molar-refractivity contribution in [2.45, 2.75) is 6.92 Å². The fraction of sp³-hybridized carbons (Fsp3) is 0.200. The van der Waals surface area contributed by atoms with Crippen molar-refractivity contribution >= 4 is 23.6 Å². The third-order valence-electron chi connectivity index (χ3n) is 3.62. The summed E-state index contributed by atoms with van der Waals surface area (Å²) in [6.07, 6.45) is 2.72. The molecule has 2 aromatic carbocycles. The maximum atomic E-state index is 13.4. The summed E-state index contributed by atoms with van der Waals surface area (Å²) >= 11 is 0. The molecule has 0 unspecified atom stereocenters. The number of carbonyl (C=O) groups excluding carboxylic acids is 2. The summed E-state index contributed by atoms with van der Waals surface area (Å²) in [4.78, 5) is 23.5. The minimum Gasteiger partial charge on any atom is -0.493 e. The standard InChI is InChI=1S/C20H20FNO5/c1-13-4-7-15(11-16(13)21)22-19(23)12-27-20(24)9-6-14-5-8-17(25-2)18(10-14)26-3/h4-11H,12H2,1-3H3,(H,22,23). The molecule has 7 heteroatoms. The molecule has 2 aromatic rings. The van der Waals surface area contributed by atoms with Gasteiger partial charge in [0.2, 0.25) is 0 Å². The molecule has 1 amide bonds. The molecule has 0 bridgehead atoms. The van der Waals surface area contributed by atoms with Gasteiger partial charge in [0.15, 0.2) is 18.1 Å². The normalized spacial score (nSPS) is 10.5. The minimum absolute atomic E-state index is 0.292. The van der Waals surface area contributed by atoms with Crippen molar-refractivity contribution in [3.05, 3.63) is 59.4 Å². The van der Waals surface area contributed by atoms with Crippen molar-refractivity contribution in [1.82, 2.24) is 0 Å². The lowest BCUT2D eigenvalue weighted by Crippen LogP contribution is -2.20. The zero-order valence-electron chi connectivity index (χ0n) is 15.2. The number of rotatable bonds is 7. The van der Waals surface area contributed by atoms with Crippen molar-refractivity contribution in [3.63, 3.8) is 0 Å². The van der Waals surface area contributed by atoms with Crippen LogP contribution < -0.4 is 14.8 Å². The molecular weight excluding hydrogens is 353 g/mol. The number of carbonyl (C=O) groups is 2. The number of hydrogen-bond donors (Lipinski definition) is 1. The van der Waals surface area contributed by atoms with Crippen LogP contribution in [-0.4, -0.2) is 32.7 Å². The van der Waals surface area contributed by atoms with E-state index in [2.05, 4.69) is 5.32 Å². The number of amides is 1. The van der Waals surface area contributed by atoms with E-state index in [-0.39, 0.29) is 0 Å². The Labute approximate surface area is 156 Å². The highest BCUT2D eigenvalue weighted by atomic mass is 19.1. The van der Waals surface area contributed by atoms with Crippen molar-refractivity contribution < 1.29 is 28.2 Å². The fourth-order valence-corrected chi connectivity index (χ4v) is 2.17. The average Bonchev–Trinajstić information content (AvgIpc) is 2.67. The van der Waals surface area contributed by atoms with Gasteiger partial charge in [-0.05, 0) is 48.4 Å². The van der Waals surface area contributed by atoms with E-state index in [9.17, 15) is 14.0 Å². The summed E-state index contributed by atoms with van der Waals surface area (Å²) in [7, 11) is 3.04. The van der Waals surface area contributed by atoms with Crippen LogP contribution in [-0.2, 0) is 14.3 Å². The van der Waals surface area contributed by atoms with Gasteiger partial charge >= 0.3 is 5.97 Å². The summed E-state index contributed by atoms with van der Waals surface area (Å²) in [5, 5.41) is 2.46. The van der Waals surface area contributed by atoms with E-state index in [0.717, 1.165) is 0 Å². The van der Waals surface area contributed by atoms with Crippen LogP contribution in [0.4, 0.5) is 10.1 Å². The van der Waals surface area contributed by atoms with Crippen LogP contribution in [0, 0.1) is 12.7 Å². The quantitative estimate of drug-likeness (QED) is 0.595. The van der Waals surface area contributed by atoms with Crippen LogP contribution >= 0.6 is 0 Å². The van der Waals surface area contributed by atoms with Crippen LogP contribution in [0.25, 0.3) is 6.08 Å². The van der Waals surface area contributed by atoms with Gasteiger partial charge in [0.25, 0.3) is 5.91 Å². The van der Waals surface area contributed by atoms with E-state index in [1.54, 1.807) is 37.3 Å². The number of benzene rings is 2. The van der Waals surface area contributed by atoms with E-state index in [1.807, 2.05) is 0 Å². The van der Waals surface area contributed by atoms with Gasteiger partial charge in [0.1, 0.15) is 5.82 Å². The van der Waals surface area contributed by atoms with Gasteiger partial charge < -0.3 is 19.5 Å². The number of halogens is 1. The SMILES string of the molecule is COc1ccc(C=CC(=O)OCC(=O)Nc2ccc(C)c(F)c2)cc1OC. The van der Waals surface area contributed by atoms with E-state index in [4.69, 9.17) is 14.2 Å². The zero-order chi connectivity index (χ0) is 19.8. The highest BCUT2D eigenvalue weighted by Gasteiger charge is 2.08. The van der Waals surface area contributed by atoms with Gasteiger partial charge in [0.05, 0.1) is 14.2 Å². The first kappa shape index (κ1) is 20.0. The van der Waals surface area contributed by atoms with E-state index in [1.165, 1.54) is 32.4 Å². The Kier molecular flexibility index (Phi) is 6.93. The molecule has 0 fully saturated rings.